The number of aryl methyl sites for hydroxylation is 2. The molecule has 1 aromatic carbocycles. The molecule has 0 aliphatic heterocycles. The van der Waals surface area contributed by atoms with Crippen LogP contribution in [-0.4, -0.2) is 5.91 Å². The van der Waals surface area contributed by atoms with E-state index in [2.05, 4.69) is 44.3 Å². The third kappa shape index (κ3) is 3.59. The van der Waals surface area contributed by atoms with E-state index < -0.39 is 0 Å². The van der Waals surface area contributed by atoms with Crippen molar-refractivity contribution in [1.29, 1.82) is 0 Å². The molecular weight excluding hydrogens is 234 g/mol. The molecule has 0 radical (unpaired) electrons. The van der Waals surface area contributed by atoms with Crippen LogP contribution in [0.4, 0.5) is 0 Å². The number of carbonyl (C=O) groups excluding carboxylic acids is 1. The molecule has 1 saturated carbocycles. The zero-order valence-electron chi connectivity index (χ0n) is 12.3. The zero-order chi connectivity index (χ0) is 13.8. The lowest BCUT2D eigenvalue weighted by atomic mass is 9.88. The van der Waals surface area contributed by atoms with Gasteiger partial charge in [0.2, 0.25) is 5.91 Å². The van der Waals surface area contributed by atoms with Crippen LogP contribution in [0.25, 0.3) is 0 Å². The summed E-state index contributed by atoms with van der Waals surface area (Å²) in [4.78, 5) is 12.2. The first-order valence-electron chi connectivity index (χ1n) is 7.45. The van der Waals surface area contributed by atoms with E-state index in [1.807, 2.05) is 0 Å². The van der Waals surface area contributed by atoms with Crippen molar-refractivity contribution in [2.24, 2.45) is 5.92 Å². The molecule has 0 spiro atoms. The standard InChI is InChI=1S/C17H25NO/c1-12-9-10-16(11-13(12)2)14(3)18-17(19)15-7-5-4-6-8-15/h9-11,14-15H,4-8H2,1-3H3,(H,18,19)/t14-/m1/s1. The van der Waals surface area contributed by atoms with Gasteiger partial charge in [-0.15, -0.1) is 0 Å². The van der Waals surface area contributed by atoms with E-state index in [-0.39, 0.29) is 17.9 Å². The molecule has 19 heavy (non-hydrogen) atoms. The van der Waals surface area contributed by atoms with E-state index in [0.717, 1.165) is 12.8 Å². The van der Waals surface area contributed by atoms with E-state index in [9.17, 15) is 4.79 Å². The highest BCUT2D eigenvalue weighted by atomic mass is 16.1. The molecule has 1 atom stereocenters. The molecule has 0 saturated heterocycles. The Bertz CT molecular complexity index is 447. The van der Waals surface area contributed by atoms with E-state index in [4.69, 9.17) is 0 Å². The predicted molar refractivity (Wildman–Crippen MR) is 79.0 cm³/mol. The highest BCUT2D eigenvalue weighted by molar-refractivity contribution is 5.79. The molecule has 1 fully saturated rings. The molecule has 0 heterocycles. The second kappa shape index (κ2) is 6.23. The van der Waals surface area contributed by atoms with Gasteiger partial charge in [0, 0.05) is 5.92 Å². The smallest absolute Gasteiger partial charge is 0.223 e. The fraction of sp³-hybridized carbons (Fsp3) is 0.588. The normalized spacial score (nSPS) is 18.1. The highest BCUT2D eigenvalue weighted by Gasteiger charge is 2.22. The Balaban J connectivity index is 1.97. The van der Waals surface area contributed by atoms with E-state index in [1.54, 1.807) is 0 Å². The van der Waals surface area contributed by atoms with Gasteiger partial charge in [0.25, 0.3) is 0 Å². The van der Waals surface area contributed by atoms with Gasteiger partial charge < -0.3 is 5.32 Å². The number of amides is 1. The second-order valence-corrected chi connectivity index (χ2v) is 5.91. The minimum absolute atomic E-state index is 0.105. The van der Waals surface area contributed by atoms with Gasteiger partial charge >= 0.3 is 0 Å². The molecule has 1 N–H and O–H groups in total. The Morgan fingerprint density at radius 1 is 1.16 bits per heavy atom. The van der Waals surface area contributed by atoms with Gasteiger partial charge in [-0.25, -0.2) is 0 Å². The topological polar surface area (TPSA) is 29.1 Å². The lowest BCUT2D eigenvalue weighted by Crippen LogP contribution is -2.33. The monoisotopic (exact) mass is 259 g/mol. The maximum absolute atomic E-state index is 12.2. The number of hydrogen-bond acceptors (Lipinski definition) is 1. The van der Waals surface area contributed by atoms with Crippen LogP contribution >= 0.6 is 0 Å². The maximum atomic E-state index is 12.2. The lowest BCUT2D eigenvalue weighted by molar-refractivity contribution is -0.126. The average molecular weight is 259 g/mol. The number of nitrogens with one attached hydrogen (secondary N) is 1. The first-order chi connectivity index (χ1) is 9.08. The van der Waals surface area contributed by atoms with E-state index >= 15 is 0 Å². The third-order valence-corrected chi connectivity index (χ3v) is 4.37. The largest absolute Gasteiger partial charge is 0.349 e. The maximum Gasteiger partial charge on any atom is 0.223 e. The van der Waals surface area contributed by atoms with Crippen molar-refractivity contribution < 1.29 is 4.79 Å². The van der Waals surface area contributed by atoms with Crippen molar-refractivity contribution >= 4 is 5.91 Å². The van der Waals surface area contributed by atoms with Gasteiger partial charge in [-0.05, 0) is 50.3 Å². The van der Waals surface area contributed by atoms with Crippen LogP contribution in [0.15, 0.2) is 18.2 Å². The second-order valence-electron chi connectivity index (χ2n) is 5.91. The first kappa shape index (κ1) is 14.1. The van der Waals surface area contributed by atoms with Crippen LogP contribution in [0.3, 0.4) is 0 Å². The molecule has 0 bridgehead atoms. The summed E-state index contributed by atoms with van der Waals surface area (Å²) in [6.45, 7) is 6.31. The van der Waals surface area contributed by atoms with E-state index in [0.29, 0.717) is 0 Å². The zero-order valence-corrected chi connectivity index (χ0v) is 12.3. The predicted octanol–water partition coefficient (Wildman–Crippen LogP) is 4.06. The average Bonchev–Trinajstić information content (AvgIpc) is 2.42. The van der Waals surface area contributed by atoms with Gasteiger partial charge in [0.1, 0.15) is 0 Å². The van der Waals surface area contributed by atoms with E-state index in [1.165, 1.54) is 36.0 Å². The molecule has 2 nitrogen and oxygen atoms in total. The first-order valence-corrected chi connectivity index (χ1v) is 7.45. The van der Waals surface area contributed by atoms with Crippen LogP contribution in [-0.2, 0) is 4.79 Å². The quantitative estimate of drug-likeness (QED) is 0.871. The molecule has 0 unspecified atom stereocenters. The van der Waals surface area contributed by atoms with Crippen LogP contribution in [0.1, 0.15) is 61.8 Å². The highest BCUT2D eigenvalue weighted by Crippen LogP contribution is 2.25. The van der Waals surface area contributed by atoms with Crippen LogP contribution in [0, 0.1) is 19.8 Å². The van der Waals surface area contributed by atoms with Gasteiger partial charge in [-0.3, -0.25) is 4.79 Å². The van der Waals surface area contributed by atoms with Crippen LogP contribution in [0.2, 0.25) is 0 Å². The molecule has 1 aliphatic carbocycles. The van der Waals surface area contributed by atoms with Gasteiger partial charge in [0.05, 0.1) is 6.04 Å². The molecule has 104 valence electrons. The molecule has 0 aromatic heterocycles. The lowest BCUT2D eigenvalue weighted by Gasteiger charge is -2.23. The third-order valence-electron chi connectivity index (χ3n) is 4.37. The summed E-state index contributed by atoms with van der Waals surface area (Å²) < 4.78 is 0. The number of rotatable bonds is 3. The minimum Gasteiger partial charge on any atom is -0.349 e. The molecular formula is C17H25NO. The van der Waals surface area contributed by atoms with Crippen molar-refractivity contribution in [3.63, 3.8) is 0 Å². The fourth-order valence-corrected chi connectivity index (χ4v) is 2.81. The van der Waals surface area contributed by atoms with Crippen molar-refractivity contribution in [2.45, 2.75) is 58.9 Å². The minimum atomic E-state index is 0.105. The van der Waals surface area contributed by atoms with Crippen LogP contribution in [0.5, 0.6) is 0 Å². The summed E-state index contributed by atoms with van der Waals surface area (Å²) in [5, 5.41) is 3.17. The van der Waals surface area contributed by atoms with Crippen molar-refractivity contribution in [3.8, 4) is 0 Å². The molecule has 1 aromatic rings. The molecule has 2 heteroatoms. The van der Waals surface area contributed by atoms with Crippen LogP contribution < -0.4 is 5.32 Å². The van der Waals surface area contributed by atoms with Gasteiger partial charge in [-0.2, -0.15) is 0 Å². The molecule has 2 rings (SSSR count). The summed E-state index contributed by atoms with van der Waals surface area (Å²) in [6.07, 6.45) is 5.82. The fourth-order valence-electron chi connectivity index (χ4n) is 2.81. The number of hydrogen-bond donors (Lipinski definition) is 1. The molecule has 1 amide bonds. The summed E-state index contributed by atoms with van der Waals surface area (Å²) in [5.74, 6) is 0.480. The summed E-state index contributed by atoms with van der Waals surface area (Å²) in [5.41, 5.74) is 3.79. The Morgan fingerprint density at radius 2 is 1.84 bits per heavy atom. The molecule has 1 aliphatic rings. The number of carbonyl (C=O) groups is 1. The van der Waals surface area contributed by atoms with Crippen molar-refractivity contribution in [3.05, 3.63) is 34.9 Å². The Labute approximate surface area is 116 Å². The Morgan fingerprint density at radius 3 is 2.47 bits per heavy atom. The summed E-state index contributed by atoms with van der Waals surface area (Å²) in [7, 11) is 0. The number of benzene rings is 1. The summed E-state index contributed by atoms with van der Waals surface area (Å²) >= 11 is 0. The Kier molecular flexibility index (Phi) is 4.62. The summed E-state index contributed by atoms with van der Waals surface area (Å²) in [6, 6.07) is 6.54. The van der Waals surface area contributed by atoms with Crippen molar-refractivity contribution in [1.82, 2.24) is 5.32 Å². The van der Waals surface area contributed by atoms with Gasteiger partial charge in [-0.1, -0.05) is 37.5 Å². The van der Waals surface area contributed by atoms with Gasteiger partial charge in [0.15, 0.2) is 0 Å². The SMILES string of the molecule is Cc1ccc([C@@H](C)NC(=O)C2CCCCC2)cc1C. The Hall–Kier alpha value is -1.31. The van der Waals surface area contributed by atoms with Crippen molar-refractivity contribution in [2.75, 3.05) is 0 Å².